The molecule has 0 saturated carbocycles. The van der Waals surface area contributed by atoms with Crippen molar-refractivity contribution in [2.45, 2.75) is 13.8 Å². The number of hydrogen-bond acceptors (Lipinski definition) is 1. The van der Waals surface area contributed by atoms with E-state index in [0.717, 1.165) is 3.58 Å². The Kier molecular flexibility index (Phi) is 2.61. The number of carboxylic acids is 1. The van der Waals surface area contributed by atoms with Gasteiger partial charge in [0, 0.05) is 3.58 Å². The summed E-state index contributed by atoms with van der Waals surface area (Å²) < 4.78 is 0.891. The third-order valence-corrected chi connectivity index (χ3v) is 3.97. The summed E-state index contributed by atoms with van der Waals surface area (Å²) >= 11 is 2.10. The molecule has 0 heterocycles. The molecule has 1 aliphatic rings. The van der Waals surface area contributed by atoms with E-state index in [0.29, 0.717) is 0 Å². The molecule has 0 bridgehead atoms. The Hall–Kier alpha value is -0.320. The summed E-state index contributed by atoms with van der Waals surface area (Å²) in [5.41, 5.74) is -0.727. The van der Waals surface area contributed by atoms with Crippen LogP contribution in [0, 0.1) is 11.3 Å². The molecule has 2 nitrogen and oxygen atoms in total. The van der Waals surface area contributed by atoms with E-state index in [4.69, 9.17) is 5.11 Å². The monoisotopic (exact) mass is 278 g/mol. The highest BCUT2D eigenvalue weighted by atomic mass is 127. The van der Waals surface area contributed by atoms with Crippen LogP contribution >= 0.6 is 22.6 Å². The molecule has 2 unspecified atom stereocenters. The Labute approximate surface area is 85.5 Å². The third-order valence-electron chi connectivity index (χ3n) is 2.49. The number of carbonyl (C=O) groups is 1. The molecule has 2 atom stereocenters. The summed E-state index contributed by atoms with van der Waals surface area (Å²) in [6, 6.07) is 0. The van der Waals surface area contributed by atoms with E-state index in [1.165, 1.54) is 0 Å². The molecule has 0 amide bonds. The molecular formula is C9H11IO2. The van der Waals surface area contributed by atoms with Gasteiger partial charge in [-0.1, -0.05) is 25.2 Å². The van der Waals surface area contributed by atoms with Gasteiger partial charge in [0.2, 0.25) is 0 Å². The Morgan fingerprint density at radius 2 is 2.33 bits per heavy atom. The number of allylic oxidation sites excluding steroid dienone is 3. The normalized spacial score (nSPS) is 34.6. The molecule has 0 saturated heterocycles. The van der Waals surface area contributed by atoms with Crippen LogP contribution in [0.4, 0.5) is 0 Å². The SMILES string of the molecule is CC1C=CC=C(I)C1(C)C(=O)O. The maximum atomic E-state index is 11.0. The summed E-state index contributed by atoms with van der Waals surface area (Å²) in [5, 5.41) is 9.06. The van der Waals surface area contributed by atoms with Gasteiger partial charge in [-0.2, -0.15) is 0 Å². The molecule has 0 aromatic rings. The fourth-order valence-corrected chi connectivity index (χ4v) is 2.12. The van der Waals surface area contributed by atoms with Gasteiger partial charge in [-0.05, 0) is 35.4 Å². The van der Waals surface area contributed by atoms with Crippen molar-refractivity contribution in [2.24, 2.45) is 11.3 Å². The van der Waals surface area contributed by atoms with Crippen molar-refractivity contribution < 1.29 is 9.90 Å². The molecular weight excluding hydrogens is 267 g/mol. The second-order valence-corrected chi connectivity index (χ2v) is 4.36. The van der Waals surface area contributed by atoms with E-state index in [9.17, 15) is 4.79 Å². The first kappa shape index (κ1) is 9.77. The molecule has 12 heavy (non-hydrogen) atoms. The van der Waals surface area contributed by atoms with Crippen molar-refractivity contribution in [2.75, 3.05) is 0 Å². The van der Waals surface area contributed by atoms with E-state index in [-0.39, 0.29) is 5.92 Å². The van der Waals surface area contributed by atoms with Crippen LogP contribution in [0.15, 0.2) is 21.8 Å². The Morgan fingerprint density at radius 3 is 2.67 bits per heavy atom. The van der Waals surface area contributed by atoms with Crippen LogP contribution in [0.3, 0.4) is 0 Å². The van der Waals surface area contributed by atoms with Gasteiger partial charge in [0.25, 0.3) is 0 Å². The number of halogens is 1. The first-order valence-electron chi connectivity index (χ1n) is 3.77. The van der Waals surface area contributed by atoms with Crippen molar-refractivity contribution in [3.05, 3.63) is 21.8 Å². The zero-order chi connectivity index (χ0) is 9.35. The number of hydrogen-bond donors (Lipinski definition) is 1. The number of aliphatic carboxylic acids is 1. The summed E-state index contributed by atoms with van der Waals surface area (Å²) in [7, 11) is 0. The molecule has 0 aromatic carbocycles. The molecule has 0 spiro atoms. The largest absolute Gasteiger partial charge is 0.481 e. The van der Waals surface area contributed by atoms with Gasteiger partial charge in [0.05, 0.1) is 0 Å². The van der Waals surface area contributed by atoms with Crippen LogP contribution < -0.4 is 0 Å². The Balaban J connectivity index is 3.10. The molecule has 1 rings (SSSR count). The van der Waals surface area contributed by atoms with E-state index in [1.54, 1.807) is 6.92 Å². The predicted molar refractivity (Wildman–Crippen MR) is 56.1 cm³/mol. The highest BCUT2D eigenvalue weighted by molar-refractivity contribution is 14.1. The van der Waals surface area contributed by atoms with Crippen molar-refractivity contribution in [3.63, 3.8) is 0 Å². The summed E-state index contributed by atoms with van der Waals surface area (Å²) in [5.74, 6) is -0.688. The summed E-state index contributed by atoms with van der Waals surface area (Å²) in [4.78, 5) is 11.0. The zero-order valence-electron chi connectivity index (χ0n) is 7.04. The molecule has 66 valence electrons. The van der Waals surface area contributed by atoms with Crippen molar-refractivity contribution in [1.29, 1.82) is 0 Å². The van der Waals surface area contributed by atoms with Crippen LogP contribution in [0.2, 0.25) is 0 Å². The van der Waals surface area contributed by atoms with Gasteiger partial charge in [-0.3, -0.25) is 4.79 Å². The fraction of sp³-hybridized carbons (Fsp3) is 0.444. The van der Waals surface area contributed by atoms with Crippen LogP contribution in [0.25, 0.3) is 0 Å². The second kappa shape index (κ2) is 3.20. The molecule has 3 heteroatoms. The topological polar surface area (TPSA) is 37.3 Å². The van der Waals surface area contributed by atoms with Gasteiger partial charge in [-0.25, -0.2) is 0 Å². The number of rotatable bonds is 1. The fourth-order valence-electron chi connectivity index (χ4n) is 1.19. The molecule has 0 aromatic heterocycles. The third kappa shape index (κ3) is 1.30. The van der Waals surface area contributed by atoms with Crippen LogP contribution in [-0.4, -0.2) is 11.1 Å². The number of carboxylic acid groups (broad SMARTS) is 1. The van der Waals surface area contributed by atoms with Gasteiger partial charge >= 0.3 is 5.97 Å². The van der Waals surface area contributed by atoms with Crippen molar-refractivity contribution in [3.8, 4) is 0 Å². The van der Waals surface area contributed by atoms with Gasteiger partial charge < -0.3 is 5.11 Å². The average Bonchev–Trinajstić information content (AvgIpc) is 1.99. The first-order valence-corrected chi connectivity index (χ1v) is 4.85. The molecule has 1 N–H and O–H groups in total. The average molecular weight is 278 g/mol. The molecule has 0 fully saturated rings. The van der Waals surface area contributed by atoms with E-state index >= 15 is 0 Å². The van der Waals surface area contributed by atoms with Crippen molar-refractivity contribution in [1.82, 2.24) is 0 Å². The lowest BCUT2D eigenvalue weighted by atomic mass is 9.75. The zero-order valence-corrected chi connectivity index (χ0v) is 9.20. The maximum absolute atomic E-state index is 11.0. The first-order chi connectivity index (χ1) is 5.49. The van der Waals surface area contributed by atoms with E-state index in [1.807, 2.05) is 25.2 Å². The summed E-state index contributed by atoms with van der Waals surface area (Å²) in [6.45, 7) is 3.69. The highest BCUT2D eigenvalue weighted by Gasteiger charge is 2.41. The van der Waals surface area contributed by atoms with E-state index in [2.05, 4.69) is 22.6 Å². The lowest BCUT2D eigenvalue weighted by Crippen LogP contribution is -2.35. The van der Waals surface area contributed by atoms with Crippen molar-refractivity contribution >= 4 is 28.6 Å². The molecule has 1 aliphatic carbocycles. The minimum atomic E-state index is -0.750. The van der Waals surface area contributed by atoms with Gasteiger partial charge in [-0.15, -0.1) is 0 Å². The highest BCUT2D eigenvalue weighted by Crippen LogP contribution is 2.42. The molecule has 0 radical (unpaired) electrons. The lowest BCUT2D eigenvalue weighted by molar-refractivity contribution is -0.146. The minimum absolute atomic E-state index is 0.0619. The maximum Gasteiger partial charge on any atom is 0.314 e. The van der Waals surface area contributed by atoms with Crippen LogP contribution in [-0.2, 0) is 4.79 Å². The van der Waals surface area contributed by atoms with E-state index < -0.39 is 11.4 Å². The van der Waals surface area contributed by atoms with Gasteiger partial charge in [0.15, 0.2) is 0 Å². The quantitative estimate of drug-likeness (QED) is 0.748. The van der Waals surface area contributed by atoms with Gasteiger partial charge in [0.1, 0.15) is 5.41 Å². The Morgan fingerprint density at radius 1 is 1.75 bits per heavy atom. The predicted octanol–water partition coefficient (Wildman–Crippen LogP) is 2.60. The van der Waals surface area contributed by atoms with Crippen LogP contribution in [0.1, 0.15) is 13.8 Å². The minimum Gasteiger partial charge on any atom is -0.481 e. The smallest absolute Gasteiger partial charge is 0.314 e. The second-order valence-electron chi connectivity index (χ2n) is 3.20. The standard InChI is InChI=1S/C9H11IO2/c1-6-4-3-5-7(10)9(6,2)8(11)12/h3-6H,1-2H3,(H,11,12). The lowest BCUT2D eigenvalue weighted by Gasteiger charge is -2.31. The molecule has 0 aliphatic heterocycles. The summed E-state index contributed by atoms with van der Waals surface area (Å²) in [6.07, 6.45) is 5.70. The Bertz CT molecular complexity index is 268. The van der Waals surface area contributed by atoms with Crippen LogP contribution in [0.5, 0.6) is 0 Å².